The lowest BCUT2D eigenvalue weighted by Gasteiger charge is -2.41. The van der Waals surface area contributed by atoms with Crippen molar-refractivity contribution in [2.45, 2.75) is 82.3 Å². The van der Waals surface area contributed by atoms with Crippen LogP contribution < -0.4 is 10.6 Å². The van der Waals surface area contributed by atoms with Gasteiger partial charge in [-0.3, -0.25) is 19.3 Å². The van der Waals surface area contributed by atoms with Crippen molar-refractivity contribution in [1.29, 1.82) is 0 Å². The molecular weight excluding hydrogens is 504 g/mol. The van der Waals surface area contributed by atoms with Gasteiger partial charge >= 0.3 is 0 Å². The molecule has 40 heavy (non-hydrogen) atoms. The highest BCUT2D eigenvalue weighted by molar-refractivity contribution is 5.90. The van der Waals surface area contributed by atoms with Crippen LogP contribution in [0.5, 0.6) is 0 Å². The van der Waals surface area contributed by atoms with Crippen molar-refractivity contribution in [3.63, 3.8) is 0 Å². The molecule has 1 aromatic carbocycles. The van der Waals surface area contributed by atoms with Crippen LogP contribution in [-0.2, 0) is 25.5 Å². The lowest BCUT2D eigenvalue weighted by atomic mass is 9.75. The van der Waals surface area contributed by atoms with E-state index >= 15 is 0 Å². The third-order valence-corrected chi connectivity index (χ3v) is 9.70. The molecule has 1 aliphatic carbocycles. The number of hydrogen-bond acceptors (Lipinski definition) is 5. The van der Waals surface area contributed by atoms with Gasteiger partial charge in [0.1, 0.15) is 6.04 Å². The molecule has 2 N–H and O–H groups in total. The molecule has 1 spiro atoms. The van der Waals surface area contributed by atoms with Crippen LogP contribution in [0.2, 0.25) is 0 Å². The second kappa shape index (κ2) is 13.3. The average Bonchev–Trinajstić information content (AvgIpc) is 3.51. The Balaban J connectivity index is 1.32. The molecule has 1 saturated carbocycles. The quantitative estimate of drug-likeness (QED) is 0.550. The van der Waals surface area contributed by atoms with Crippen molar-refractivity contribution in [3.05, 3.63) is 48.0 Å². The maximum atomic E-state index is 13.8. The molecule has 0 aromatic heterocycles. The molecule has 0 bridgehead atoms. The first-order chi connectivity index (χ1) is 19.4. The van der Waals surface area contributed by atoms with Gasteiger partial charge in [0.25, 0.3) is 0 Å². The van der Waals surface area contributed by atoms with Gasteiger partial charge in [-0.1, -0.05) is 55.3 Å². The Morgan fingerprint density at radius 1 is 1.05 bits per heavy atom. The number of likely N-dealkylation sites (N-methyl/N-ethyl adjacent to an activating group) is 1. The summed E-state index contributed by atoms with van der Waals surface area (Å²) in [6, 6.07) is 9.69. The van der Waals surface area contributed by atoms with Crippen LogP contribution in [0, 0.1) is 11.3 Å². The predicted octanol–water partition coefficient (Wildman–Crippen LogP) is 3.07. The Bertz CT molecular complexity index is 1050. The molecular formula is C32H46N4O4. The van der Waals surface area contributed by atoms with Gasteiger partial charge < -0.3 is 20.3 Å². The van der Waals surface area contributed by atoms with E-state index < -0.39 is 11.5 Å². The molecule has 0 radical (unpaired) electrons. The first-order valence-corrected chi connectivity index (χ1v) is 15.3. The lowest BCUT2D eigenvalue weighted by molar-refractivity contribution is -0.140. The minimum atomic E-state index is -0.654. The molecule has 1 aromatic rings. The van der Waals surface area contributed by atoms with E-state index in [0.29, 0.717) is 64.6 Å². The van der Waals surface area contributed by atoms with Crippen LogP contribution in [0.1, 0.15) is 63.4 Å². The van der Waals surface area contributed by atoms with Crippen LogP contribution in [0.15, 0.2) is 42.5 Å². The normalized spacial score (nSPS) is 28.8. The maximum absolute atomic E-state index is 13.8. The number of carbonyl (C=O) groups is 3. The number of allylic oxidation sites excluding steroid dienone is 2. The van der Waals surface area contributed by atoms with Crippen molar-refractivity contribution >= 4 is 17.7 Å². The summed E-state index contributed by atoms with van der Waals surface area (Å²) in [7, 11) is 2.08. The van der Waals surface area contributed by atoms with Crippen molar-refractivity contribution in [3.8, 4) is 0 Å². The smallest absolute Gasteiger partial charge is 0.243 e. The summed E-state index contributed by atoms with van der Waals surface area (Å²) in [5.74, 6) is 0.123. The number of carbonyl (C=O) groups excluding carboxylic acids is 3. The summed E-state index contributed by atoms with van der Waals surface area (Å²) >= 11 is 0. The molecule has 4 aliphatic rings. The molecule has 2 saturated heterocycles. The van der Waals surface area contributed by atoms with Crippen LogP contribution >= 0.6 is 0 Å². The highest BCUT2D eigenvalue weighted by Gasteiger charge is 2.42. The molecule has 5 rings (SSSR count). The number of fused-ring (bicyclic) bond motifs is 1. The van der Waals surface area contributed by atoms with Crippen molar-refractivity contribution in [2.24, 2.45) is 11.3 Å². The summed E-state index contributed by atoms with van der Waals surface area (Å²) in [6.45, 7) is 2.84. The number of piperidine rings is 1. The molecule has 8 heteroatoms. The molecule has 3 aliphatic heterocycles. The van der Waals surface area contributed by atoms with Crippen LogP contribution in [0.3, 0.4) is 0 Å². The summed E-state index contributed by atoms with van der Waals surface area (Å²) < 4.78 is 5.60. The van der Waals surface area contributed by atoms with Crippen LogP contribution in [-0.4, -0.2) is 85.5 Å². The van der Waals surface area contributed by atoms with E-state index in [2.05, 4.69) is 34.7 Å². The number of ether oxygens (including phenoxy) is 1. The number of rotatable bonds is 5. The zero-order valence-electron chi connectivity index (χ0n) is 24.0. The fourth-order valence-electron chi connectivity index (χ4n) is 6.99. The van der Waals surface area contributed by atoms with Gasteiger partial charge in [-0.05, 0) is 57.6 Å². The van der Waals surface area contributed by atoms with Gasteiger partial charge in [-0.2, -0.15) is 0 Å². The highest BCUT2D eigenvalue weighted by atomic mass is 16.5. The first kappa shape index (κ1) is 28.8. The molecule has 3 heterocycles. The fourth-order valence-corrected chi connectivity index (χ4v) is 6.99. The Morgan fingerprint density at radius 2 is 1.80 bits per heavy atom. The third-order valence-electron chi connectivity index (χ3n) is 9.70. The van der Waals surface area contributed by atoms with E-state index in [4.69, 9.17) is 4.74 Å². The summed E-state index contributed by atoms with van der Waals surface area (Å²) in [5, 5.41) is 6.46. The van der Waals surface area contributed by atoms with E-state index in [-0.39, 0.29) is 29.7 Å². The Morgan fingerprint density at radius 3 is 2.55 bits per heavy atom. The van der Waals surface area contributed by atoms with E-state index in [9.17, 15) is 14.4 Å². The Labute approximate surface area is 238 Å². The predicted molar refractivity (Wildman–Crippen MR) is 154 cm³/mol. The minimum Gasteiger partial charge on any atom is -0.381 e. The van der Waals surface area contributed by atoms with Gasteiger partial charge in [0.15, 0.2) is 0 Å². The lowest BCUT2D eigenvalue weighted by Crippen LogP contribution is -2.59. The maximum Gasteiger partial charge on any atom is 0.243 e. The number of amides is 3. The van der Waals surface area contributed by atoms with Crippen molar-refractivity contribution < 1.29 is 19.1 Å². The Hall–Kier alpha value is -2.71. The van der Waals surface area contributed by atoms with E-state index in [0.717, 1.165) is 18.4 Å². The number of nitrogens with zero attached hydrogens (tertiary/aromatic N) is 2. The zero-order chi connectivity index (χ0) is 28.0. The van der Waals surface area contributed by atoms with Gasteiger partial charge in [0.05, 0.1) is 12.0 Å². The molecule has 218 valence electrons. The minimum absolute atomic E-state index is 0.0413. The zero-order valence-corrected chi connectivity index (χ0v) is 24.0. The number of benzene rings is 1. The fraction of sp³-hybridized carbons (Fsp3) is 0.656. The van der Waals surface area contributed by atoms with Crippen molar-refractivity contribution in [1.82, 2.24) is 20.4 Å². The van der Waals surface area contributed by atoms with Gasteiger partial charge in [-0.15, -0.1) is 0 Å². The summed E-state index contributed by atoms with van der Waals surface area (Å²) in [5.41, 5.74) is 0.446. The second-order valence-electron chi connectivity index (χ2n) is 12.4. The molecule has 8 nitrogen and oxygen atoms in total. The monoisotopic (exact) mass is 550 g/mol. The third kappa shape index (κ3) is 6.95. The number of nitrogens with one attached hydrogen (secondary N) is 2. The largest absolute Gasteiger partial charge is 0.381 e. The van der Waals surface area contributed by atoms with E-state index in [1.54, 1.807) is 0 Å². The van der Waals surface area contributed by atoms with Gasteiger partial charge in [0, 0.05) is 50.7 Å². The van der Waals surface area contributed by atoms with Crippen LogP contribution in [0.25, 0.3) is 0 Å². The van der Waals surface area contributed by atoms with Crippen LogP contribution in [0.4, 0.5) is 0 Å². The second-order valence-corrected chi connectivity index (χ2v) is 12.4. The first-order valence-electron chi connectivity index (χ1n) is 15.3. The summed E-state index contributed by atoms with van der Waals surface area (Å²) in [4.78, 5) is 45.0. The topological polar surface area (TPSA) is 91.0 Å². The SMILES string of the molecule is CN(CC(=O)N1CC[C@@H]2NC(=O)[C@@H](Cc3ccccc3)NC(=O)C3(C/C=C/C[C@@H]2C1)CCOCC3)C1CCCC1. The highest BCUT2D eigenvalue weighted by Crippen LogP contribution is 2.36. The standard InChI is InChI=1S/C32H46N4O4/c1-35(26-12-5-6-13-26)23-29(37)36-18-14-27-25(22-36)11-7-8-15-32(16-19-40-20-17-32)31(39)34-28(30(38)33-27)21-24-9-3-2-4-10-24/h2-4,7-10,25-28H,5-6,11-23H2,1H3,(H,33,38)(H,34,39)/b8-7+/t25-,27+,28-/m1/s1. The number of hydrogen-bond donors (Lipinski definition) is 2. The van der Waals surface area contributed by atoms with Gasteiger partial charge in [0.2, 0.25) is 17.7 Å². The average molecular weight is 551 g/mol. The van der Waals surface area contributed by atoms with Gasteiger partial charge in [-0.25, -0.2) is 0 Å². The summed E-state index contributed by atoms with van der Waals surface area (Å²) in [6.07, 6.45) is 13.0. The van der Waals surface area contributed by atoms with E-state index in [1.807, 2.05) is 35.2 Å². The van der Waals surface area contributed by atoms with Crippen molar-refractivity contribution in [2.75, 3.05) is 39.9 Å². The Kier molecular flexibility index (Phi) is 9.58. The molecule has 3 amide bonds. The molecule has 3 atom stereocenters. The molecule has 3 fully saturated rings. The molecule has 0 unspecified atom stereocenters. The number of likely N-dealkylation sites (tertiary alicyclic amines) is 1. The van der Waals surface area contributed by atoms with E-state index in [1.165, 1.54) is 25.7 Å².